The molecule has 0 amide bonds. The van der Waals surface area contributed by atoms with E-state index in [0.717, 1.165) is 32.1 Å². The summed E-state index contributed by atoms with van der Waals surface area (Å²) in [6, 6.07) is 0. The normalized spacial score (nSPS) is 54.7. The molecule has 6 heteroatoms. The van der Waals surface area contributed by atoms with E-state index in [1.54, 1.807) is 6.92 Å². The maximum Gasteiger partial charge on any atom is 0.133 e. The smallest absolute Gasteiger partial charge is 0.133 e. The Balaban J connectivity index is 1.64. The Morgan fingerprint density at radius 2 is 1.81 bits per heavy atom. The second-order valence-electron chi connectivity index (χ2n) is 10.3. The van der Waals surface area contributed by atoms with Crippen LogP contribution in [-0.4, -0.2) is 39.1 Å². The van der Waals surface area contributed by atoms with Gasteiger partial charge in [-0.3, -0.25) is 4.79 Å². The van der Waals surface area contributed by atoms with Gasteiger partial charge in [-0.05, 0) is 75.0 Å². The van der Waals surface area contributed by atoms with Crippen molar-refractivity contribution in [1.82, 2.24) is 0 Å². The van der Waals surface area contributed by atoms with E-state index in [1.165, 1.54) is 0 Å². The summed E-state index contributed by atoms with van der Waals surface area (Å²) in [7, 11) is 0. The van der Waals surface area contributed by atoms with Gasteiger partial charge in [-0.1, -0.05) is 18.9 Å². The molecule has 0 heterocycles. The van der Waals surface area contributed by atoms with E-state index in [4.69, 9.17) is 10.1 Å². The van der Waals surface area contributed by atoms with Crippen LogP contribution < -0.4 is 0 Å². The first-order valence-corrected chi connectivity index (χ1v) is 10.5. The van der Waals surface area contributed by atoms with E-state index >= 15 is 0 Å². The zero-order valence-electron chi connectivity index (χ0n) is 16.7. The van der Waals surface area contributed by atoms with E-state index < -0.39 is 17.8 Å². The van der Waals surface area contributed by atoms with Crippen molar-refractivity contribution < 1.29 is 30.2 Å². The fraction of sp³-hybridized carbons (Fsp3) is 0.952. The van der Waals surface area contributed by atoms with Gasteiger partial charge < -0.3 is 10.2 Å². The molecule has 3 unspecified atom stereocenters. The second kappa shape index (κ2) is 6.49. The molecule has 4 rings (SSSR count). The van der Waals surface area contributed by atoms with Crippen molar-refractivity contribution in [3.8, 4) is 0 Å². The maximum atomic E-state index is 12.2. The summed E-state index contributed by atoms with van der Waals surface area (Å²) in [5.41, 5.74) is -1.59. The molecule has 0 aromatic carbocycles. The monoisotopic (exact) mass is 382 g/mol. The number of hydrogen-bond acceptors (Lipinski definition) is 6. The highest BCUT2D eigenvalue weighted by atomic mass is 17.5. The van der Waals surface area contributed by atoms with Crippen molar-refractivity contribution >= 4 is 5.78 Å². The number of fused-ring (bicyclic) bond motifs is 5. The van der Waals surface area contributed by atoms with Gasteiger partial charge in [-0.25, -0.2) is 10.1 Å². The molecule has 0 radical (unpaired) electrons. The molecule has 0 aromatic rings. The minimum atomic E-state index is -1.23. The van der Waals surface area contributed by atoms with Crippen LogP contribution >= 0.6 is 0 Å². The van der Waals surface area contributed by atoms with Crippen molar-refractivity contribution in [2.24, 2.45) is 34.5 Å². The van der Waals surface area contributed by atoms with Crippen molar-refractivity contribution in [3.63, 3.8) is 0 Å². The Labute approximate surface area is 161 Å². The molecule has 4 aliphatic rings. The Hall–Kier alpha value is -0.530. The lowest BCUT2D eigenvalue weighted by molar-refractivity contribution is -0.512. The number of Topliss-reactive ketones (excluding diaryl/α,β-unsaturated/α-hetero) is 1. The van der Waals surface area contributed by atoms with E-state index in [1.807, 2.05) is 0 Å². The van der Waals surface area contributed by atoms with Gasteiger partial charge >= 0.3 is 0 Å². The van der Waals surface area contributed by atoms with Crippen LogP contribution in [0.4, 0.5) is 0 Å². The minimum Gasteiger partial charge on any atom is -0.390 e. The van der Waals surface area contributed by atoms with Gasteiger partial charge in [0.15, 0.2) is 0 Å². The summed E-state index contributed by atoms with van der Waals surface area (Å²) in [4.78, 5) is 17.1. The zero-order valence-corrected chi connectivity index (χ0v) is 16.7. The Morgan fingerprint density at radius 3 is 2.48 bits per heavy atom. The Bertz CT molecular complexity index is 609. The summed E-state index contributed by atoms with van der Waals surface area (Å²) < 4.78 is 0. The molecule has 6 nitrogen and oxygen atoms in total. The maximum absolute atomic E-state index is 12.2. The third-order valence-corrected chi connectivity index (χ3v) is 9.49. The van der Waals surface area contributed by atoms with Crippen LogP contribution in [0.2, 0.25) is 0 Å². The number of aliphatic hydroxyl groups excluding tert-OH is 1. The standard InChI is InChI=1S/C21H34O6/c1-12(22)15-4-5-16-14-10-18(23)21(24)11-13(26-27-25)6-9-20(21,3)17(14)7-8-19(15,16)2/h13-18,23-25H,4-11H2,1-3H3/t13-,14?,15+,16?,17?,18-,19+,20+,21-/m0/s1. The SMILES string of the molecule is CC(=O)[C@H]1CCC2C3C[C@H](O)[C@@]4(O)C[C@@H](OOO)CC[C@]4(C)C3CC[C@@]21C. The van der Waals surface area contributed by atoms with Gasteiger partial charge in [-0.2, -0.15) is 0 Å². The molecule has 4 aliphatic carbocycles. The van der Waals surface area contributed by atoms with Crippen molar-refractivity contribution in [1.29, 1.82) is 0 Å². The van der Waals surface area contributed by atoms with Crippen LogP contribution in [0.25, 0.3) is 0 Å². The number of hydrogen-bond donors (Lipinski definition) is 3. The Kier molecular flexibility index (Phi) is 4.75. The first-order valence-electron chi connectivity index (χ1n) is 10.5. The highest BCUT2D eigenvalue weighted by Crippen LogP contribution is 2.68. The summed E-state index contributed by atoms with van der Waals surface area (Å²) in [5.74, 6) is 1.57. The highest BCUT2D eigenvalue weighted by Gasteiger charge is 2.67. The van der Waals surface area contributed by atoms with Crippen molar-refractivity contribution in [3.05, 3.63) is 0 Å². The third kappa shape index (κ3) is 2.60. The molecule has 3 N–H and O–H groups in total. The van der Waals surface area contributed by atoms with Gasteiger partial charge in [0.2, 0.25) is 0 Å². The lowest BCUT2D eigenvalue weighted by atomic mass is 9.42. The second-order valence-corrected chi connectivity index (χ2v) is 10.3. The predicted octanol–water partition coefficient (Wildman–Crippen LogP) is 3.11. The predicted molar refractivity (Wildman–Crippen MR) is 97.3 cm³/mol. The van der Waals surface area contributed by atoms with Crippen molar-refractivity contribution in [2.75, 3.05) is 0 Å². The molecule has 27 heavy (non-hydrogen) atoms. The number of carbonyl (C=O) groups excluding carboxylic acids is 1. The third-order valence-electron chi connectivity index (χ3n) is 9.49. The molecule has 0 saturated heterocycles. The first-order chi connectivity index (χ1) is 12.7. The molecule has 0 spiro atoms. The molecule has 0 aromatic heterocycles. The number of aliphatic hydroxyl groups is 2. The number of ketones is 1. The van der Waals surface area contributed by atoms with Crippen LogP contribution in [-0.2, 0) is 14.7 Å². The molecule has 0 aliphatic heterocycles. The molecule has 4 saturated carbocycles. The van der Waals surface area contributed by atoms with Crippen molar-refractivity contribution in [2.45, 2.75) is 89.9 Å². The lowest BCUT2D eigenvalue weighted by Crippen LogP contribution is -2.68. The number of carbonyl (C=O) groups is 1. The van der Waals surface area contributed by atoms with Crippen LogP contribution in [0.3, 0.4) is 0 Å². The molecule has 4 fully saturated rings. The summed E-state index contributed by atoms with van der Waals surface area (Å²) in [6.45, 7) is 6.14. The van der Waals surface area contributed by atoms with Gasteiger partial charge in [0.05, 0.1) is 17.8 Å². The lowest BCUT2D eigenvalue weighted by Gasteiger charge is -2.65. The number of rotatable bonds is 3. The largest absolute Gasteiger partial charge is 0.390 e. The van der Waals surface area contributed by atoms with E-state index in [2.05, 4.69) is 18.9 Å². The average molecular weight is 382 g/mol. The first kappa shape index (κ1) is 19.8. The fourth-order valence-electron chi connectivity index (χ4n) is 8.05. The minimum absolute atomic E-state index is 0.0313. The van der Waals surface area contributed by atoms with Crippen LogP contribution in [0.1, 0.15) is 72.1 Å². The van der Waals surface area contributed by atoms with Crippen LogP contribution in [0, 0.1) is 34.5 Å². The summed E-state index contributed by atoms with van der Waals surface area (Å²) in [5, 5.41) is 35.1. The molecule has 0 bridgehead atoms. The van der Waals surface area contributed by atoms with Crippen LogP contribution in [0.5, 0.6) is 0 Å². The molecule has 154 valence electrons. The van der Waals surface area contributed by atoms with Crippen LogP contribution in [0.15, 0.2) is 0 Å². The fourth-order valence-corrected chi connectivity index (χ4v) is 8.05. The average Bonchev–Trinajstić information content (AvgIpc) is 2.95. The van der Waals surface area contributed by atoms with E-state index in [-0.39, 0.29) is 23.2 Å². The quantitative estimate of drug-likeness (QED) is 0.513. The summed E-state index contributed by atoms with van der Waals surface area (Å²) in [6.07, 6.45) is 5.05. The van der Waals surface area contributed by atoms with Gasteiger partial charge in [-0.15, -0.1) is 0 Å². The Morgan fingerprint density at radius 1 is 1.07 bits per heavy atom. The van der Waals surface area contributed by atoms with Gasteiger partial charge in [0.1, 0.15) is 5.78 Å². The topological polar surface area (TPSA) is 96.2 Å². The molecular weight excluding hydrogens is 348 g/mol. The van der Waals surface area contributed by atoms with E-state index in [9.17, 15) is 15.0 Å². The zero-order chi connectivity index (χ0) is 19.6. The van der Waals surface area contributed by atoms with Gasteiger partial charge in [0, 0.05) is 17.8 Å². The van der Waals surface area contributed by atoms with E-state index in [0.29, 0.717) is 36.4 Å². The summed E-state index contributed by atoms with van der Waals surface area (Å²) >= 11 is 0. The van der Waals surface area contributed by atoms with Gasteiger partial charge in [0.25, 0.3) is 0 Å². The highest BCUT2D eigenvalue weighted by molar-refractivity contribution is 5.79. The molecular formula is C21H34O6. The molecule has 9 atom stereocenters.